The molecule has 0 aliphatic heterocycles. The van der Waals surface area contributed by atoms with Crippen LogP contribution >= 0.6 is 0 Å². The van der Waals surface area contributed by atoms with Crippen molar-refractivity contribution in [2.24, 2.45) is 0 Å². The number of rotatable bonds is 5. The molecule has 10 heteroatoms. The van der Waals surface area contributed by atoms with Crippen molar-refractivity contribution in [1.82, 2.24) is 19.5 Å². The van der Waals surface area contributed by atoms with Gasteiger partial charge in [-0.2, -0.15) is 0 Å². The number of aromatic nitrogens is 4. The molecule has 0 N–H and O–H groups in total. The highest BCUT2D eigenvalue weighted by atomic mass is 16.3. The fourth-order valence-electron chi connectivity index (χ4n) is 7.62. The van der Waals surface area contributed by atoms with Gasteiger partial charge in [0.05, 0.1) is 16.6 Å². The van der Waals surface area contributed by atoms with E-state index in [1.807, 2.05) is 72.8 Å². The molecule has 0 saturated carbocycles. The van der Waals surface area contributed by atoms with E-state index in [1.165, 1.54) is 10.8 Å². The third-order valence-corrected chi connectivity index (χ3v) is 10.3. The highest BCUT2D eigenvalue weighted by Crippen LogP contribution is 2.38. The smallest absolute Gasteiger partial charge is 0.167 e. The first-order valence-electron chi connectivity index (χ1n) is 17.7. The van der Waals surface area contributed by atoms with Crippen LogP contribution in [-0.2, 0) is 0 Å². The van der Waals surface area contributed by atoms with Crippen LogP contribution in [0.5, 0.6) is 0 Å². The topological polar surface area (TPSA) is 56.7 Å². The number of fused-ring (bicyclic) bond motifs is 6. The van der Waals surface area contributed by atoms with Gasteiger partial charge in [0.1, 0.15) is 50.4 Å². The van der Waals surface area contributed by atoms with Gasteiger partial charge in [-0.1, -0.05) is 108 Å². The molecule has 244 valence electrons. The highest BCUT2D eigenvalue weighted by Gasteiger charge is 2.20. The third kappa shape index (κ3) is 5.27. The Kier molecular flexibility index (Phi) is 7.70. The fraction of sp³-hybridized carbons (Fsp3) is 0. The summed E-state index contributed by atoms with van der Waals surface area (Å²) < 4.78 is 8.95. The molecular formula is C45H23B5N4O. The fourth-order valence-corrected chi connectivity index (χ4v) is 7.62. The zero-order chi connectivity index (χ0) is 37.4. The molecule has 55 heavy (non-hydrogen) atoms. The second-order valence-electron chi connectivity index (χ2n) is 13.5. The molecule has 10 aromatic rings. The lowest BCUT2D eigenvalue weighted by atomic mass is 9.59. The van der Waals surface area contributed by atoms with E-state index in [0.717, 1.165) is 44.2 Å². The maximum atomic E-state index is 6.64. The molecule has 10 rings (SSSR count). The van der Waals surface area contributed by atoms with Crippen LogP contribution in [-0.4, -0.2) is 58.8 Å². The van der Waals surface area contributed by atoms with Gasteiger partial charge in [-0.15, -0.1) is 16.4 Å². The highest BCUT2D eigenvalue weighted by molar-refractivity contribution is 6.68. The predicted molar refractivity (Wildman–Crippen MR) is 230 cm³/mol. The zero-order valence-corrected chi connectivity index (χ0v) is 29.4. The van der Waals surface area contributed by atoms with Crippen LogP contribution < -0.4 is 27.3 Å². The summed E-state index contributed by atoms with van der Waals surface area (Å²) in [7, 11) is 31.4. The predicted octanol–water partition coefficient (Wildman–Crippen LogP) is 5.51. The molecule has 0 aliphatic rings. The van der Waals surface area contributed by atoms with Crippen LogP contribution in [0.2, 0.25) is 0 Å². The lowest BCUT2D eigenvalue weighted by Gasteiger charge is -2.21. The first-order chi connectivity index (χ1) is 26.9. The van der Waals surface area contributed by atoms with Crippen LogP contribution in [0.4, 0.5) is 0 Å². The van der Waals surface area contributed by atoms with Crippen molar-refractivity contribution >= 4 is 110 Å². The number of hydrogen-bond acceptors (Lipinski definition) is 4. The Labute approximate surface area is 323 Å². The Morgan fingerprint density at radius 1 is 0.418 bits per heavy atom. The maximum Gasteiger partial charge on any atom is 0.167 e. The Balaban J connectivity index is 1.15. The molecule has 10 radical (unpaired) electrons. The van der Waals surface area contributed by atoms with E-state index >= 15 is 0 Å². The van der Waals surface area contributed by atoms with Crippen molar-refractivity contribution in [1.29, 1.82) is 0 Å². The molecule has 0 amide bonds. The summed E-state index contributed by atoms with van der Waals surface area (Å²) in [4.78, 5) is 15.0. The Morgan fingerprint density at radius 2 is 0.964 bits per heavy atom. The van der Waals surface area contributed by atoms with Crippen molar-refractivity contribution in [3.63, 3.8) is 0 Å². The van der Waals surface area contributed by atoms with Crippen LogP contribution in [0.1, 0.15) is 0 Å². The molecule has 0 unspecified atom stereocenters. The van der Waals surface area contributed by atoms with Gasteiger partial charge in [0.2, 0.25) is 0 Å². The zero-order valence-electron chi connectivity index (χ0n) is 29.4. The molecule has 0 fully saturated rings. The molecule has 3 heterocycles. The van der Waals surface area contributed by atoms with Gasteiger partial charge in [-0.25, -0.2) is 15.0 Å². The van der Waals surface area contributed by atoms with Gasteiger partial charge in [-0.05, 0) is 53.6 Å². The maximum absolute atomic E-state index is 6.64. The lowest BCUT2D eigenvalue weighted by molar-refractivity contribution is 0.669. The van der Waals surface area contributed by atoms with E-state index < -0.39 is 0 Å². The first kappa shape index (κ1) is 33.1. The molecule has 0 atom stereocenters. The Hall–Kier alpha value is -6.53. The molecule has 7 aromatic carbocycles. The number of hydrogen-bond donors (Lipinski definition) is 0. The largest absolute Gasteiger partial charge is 0.455 e. The third-order valence-electron chi connectivity index (χ3n) is 10.3. The van der Waals surface area contributed by atoms with Crippen molar-refractivity contribution in [3.05, 3.63) is 140 Å². The second-order valence-corrected chi connectivity index (χ2v) is 13.5. The van der Waals surface area contributed by atoms with E-state index in [4.69, 9.17) is 58.6 Å². The van der Waals surface area contributed by atoms with Gasteiger partial charge < -0.3 is 8.98 Å². The summed E-state index contributed by atoms with van der Waals surface area (Å²) in [5, 5.41) is 4.34. The van der Waals surface area contributed by atoms with Crippen molar-refractivity contribution in [2.45, 2.75) is 0 Å². The minimum absolute atomic E-state index is 0.159. The van der Waals surface area contributed by atoms with Gasteiger partial charge in [-0.3, -0.25) is 0 Å². The van der Waals surface area contributed by atoms with Crippen molar-refractivity contribution < 1.29 is 4.42 Å². The van der Waals surface area contributed by atoms with Gasteiger partial charge in [0.15, 0.2) is 17.5 Å². The number of nitrogens with zero attached hydrogens (tertiary/aromatic N) is 4. The van der Waals surface area contributed by atoms with Crippen LogP contribution in [0.25, 0.3) is 94.7 Å². The average molecular weight is 690 g/mol. The normalized spacial score (nSPS) is 11.6. The molecule has 0 saturated heterocycles. The molecule has 5 nitrogen and oxygen atoms in total. The van der Waals surface area contributed by atoms with Crippen LogP contribution in [0.15, 0.2) is 144 Å². The number of benzene rings is 7. The molecule has 0 aliphatic carbocycles. The summed E-state index contributed by atoms with van der Waals surface area (Å²) in [5.74, 6) is 1.41. The summed E-state index contributed by atoms with van der Waals surface area (Å²) >= 11 is 0. The monoisotopic (exact) mass is 690 g/mol. The van der Waals surface area contributed by atoms with Crippen LogP contribution in [0.3, 0.4) is 0 Å². The van der Waals surface area contributed by atoms with Gasteiger partial charge >= 0.3 is 0 Å². The quantitative estimate of drug-likeness (QED) is 0.224. The minimum Gasteiger partial charge on any atom is -0.455 e. The minimum atomic E-state index is 0.159. The second kappa shape index (κ2) is 12.8. The van der Waals surface area contributed by atoms with Crippen LogP contribution in [0, 0.1) is 0 Å². The molecule has 3 aromatic heterocycles. The SMILES string of the molecule is [B]c1c([B])c([B])c(-c2cccc(-c3nc(-c4ccccc4)nc(-c4cccc5c4oc4ccc(-n6c7ccccc7c7ccccc76)cc45)n3)c2)c([B])c1[B]. The standard InChI is InChI=1S/C45H23B5N4O/c46-37-36(38(47)40(49)41(50)39(37)48)25-12-8-13-26(22-25)44-51-43(24-10-2-1-3-11-24)52-45(53-44)31-17-9-16-30-32-23-27(20-21-35(32)55-42(30)31)54-33-18-6-4-14-28(33)29-15-5-7-19-34(29)54/h1-23H. The van der Waals surface area contributed by atoms with Gasteiger partial charge in [0, 0.05) is 38.4 Å². The summed E-state index contributed by atoms with van der Waals surface area (Å²) in [6, 6.07) is 46.8. The Morgan fingerprint density at radius 3 is 1.67 bits per heavy atom. The summed E-state index contributed by atoms with van der Waals surface area (Å²) in [5.41, 5.74) is 9.24. The number of para-hydroxylation sites is 3. The number of furan rings is 1. The Bertz CT molecular complexity index is 3090. The average Bonchev–Trinajstić information content (AvgIpc) is 3.78. The summed E-state index contributed by atoms with van der Waals surface area (Å²) in [6.07, 6.45) is 0. The lowest BCUT2D eigenvalue weighted by Crippen LogP contribution is -2.55. The molecule has 0 bridgehead atoms. The van der Waals surface area contributed by atoms with Crippen molar-refractivity contribution in [3.8, 4) is 51.0 Å². The first-order valence-corrected chi connectivity index (χ1v) is 17.7. The van der Waals surface area contributed by atoms with Gasteiger partial charge in [0.25, 0.3) is 0 Å². The molecular weight excluding hydrogens is 667 g/mol. The van der Waals surface area contributed by atoms with E-state index in [-0.39, 0.29) is 27.3 Å². The summed E-state index contributed by atoms with van der Waals surface area (Å²) in [6.45, 7) is 0. The molecule has 0 spiro atoms. The van der Waals surface area contributed by atoms with Crippen molar-refractivity contribution in [2.75, 3.05) is 0 Å². The van der Waals surface area contributed by atoms with E-state index in [2.05, 4.69) is 71.3 Å². The van der Waals surface area contributed by atoms with E-state index in [1.54, 1.807) is 0 Å². The van der Waals surface area contributed by atoms with E-state index in [0.29, 0.717) is 39.7 Å². The van der Waals surface area contributed by atoms with E-state index in [9.17, 15) is 0 Å².